The fourth-order valence-corrected chi connectivity index (χ4v) is 3.47. The third kappa shape index (κ3) is 3.15. The maximum atomic E-state index is 10.3. The summed E-state index contributed by atoms with van der Waals surface area (Å²) >= 11 is 1.65. The quantitative estimate of drug-likeness (QED) is 0.762. The maximum Gasteiger partial charge on any atom is 0.101 e. The monoisotopic (exact) mass is 301 g/mol. The van der Waals surface area contributed by atoms with Crippen LogP contribution in [0.25, 0.3) is 10.1 Å². The van der Waals surface area contributed by atoms with Gasteiger partial charge in [0.15, 0.2) is 0 Å². The van der Waals surface area contributed by atoms with Crippen molar-refractivity contribution in [3.63, 3.8) is 0 Å². The first-order valence-electron chi connectivity index (χ1n) is 7.00. The first-order chi connectivity index (χ1) is 10.1. The first kappa shape index (κ1) is 14.3. The average molecular weight is 301 g/mol. The Morgan fingerprint density at radius 2 is 2.19 bits per heavy atom. The van der Waals surface area contributed by atoms with Gasteiger partial charge in [0.05, 0.1) is 5.69 Å². The number of benzene rings is 1. The van der Waals surface area contributed by atoms with Gasteiger partial charge in [0.1, 0.15) is 6.10 Å². The van der Waals surface area contributed by atoms with Crippen molar-refractivity contribution in [3.8, 4) is 0 Å². The molecule has 0 radical (unpaired) electrons. The molecule has 0 fully saturated rings. The lowest BCUT2D eigenvalue weighted by atomic mass is 10.2. The molecule has 3 aromatic rings. The summed E-state index contributed by atoms with van der Waals surface area (Å²) in [6, 6.07) is 10.3. The van der Waals surface area contributed by atoms with Gasteiger partial charge in [-0.1, -0.05) is 18.2 Å². The van der Waals surface area contributed by atoms with Crippen molar-refractivity contribution in [3.05, 3.63) is 52.7 Å². The Kier molecular flexibility index (Phi) is 4.05. The van der Waals surface area contributed by atoms with E-state index in [-0.39, 0.29) is 0 Å². The van der Waals surface area contributed by atoms with E-state index in [0.29, 0.717) is 13.1 Å². The van der Waals surface area contributed by atoms with Crippen LogP contribution >= 0.6 is 11.3 Å². The normalized spacial score (nSPS) is 12.9. The number of thiophene rings is 1. The topological polar surface area (TPSA) is 50.1 Å². The molecule has 5 heteroatoms. The Labute approximate surface area is 128 Å². The molecule has 0 amide bonds. The summed E-state index contributed by atoms with van der Waals surface area (Å²) in [6.45, 7) is 3.25. The second-order valence-electron chi connectivity index (χ2n) is 5.27. The van der Waals surface area contributed by atoms with Crippen molar-refractivity contribution >= 4 is 21.4 Å². The molecule has 0 bridgehead atoms. The second-order valence-corrected chi connectivity index (χ2v) is 6.38. The summed E-state index contributed by atoms with van der Waals surface area (Å²) < 4.78 is 3.03. The van der Waals surface area contributed by atoms with E-state index in [1.54, 1.807) is 11.3 Å². The molecule has 1 unspecified atom stereocenters. The number of hydrogen-bond donors (Lipinski definition) is 2. The molecule has 2 heterocycles. The lowest BCUT2D eigenvalue weighted by Crippen LogP contribution is -2.21. The average Bonchev–Trinajstić information content (AvgIpc) is 3.02. The molecule has 2 aromatic heterocycles. The van der Waals surface area contributed by atoms with Gasteiger partial charge in [0, 0.05) is 35.9 Å². The smallest absolute Gasteiger partial charge is 0.101 e. The molecule has 0 aliphatic heterocycles. The molecular weight excluding hydrogens is 282 g/mol. The van der Waals surface area contributed by atoms with E-state index in [4.69, 9.17) is 0 Å². The molecule has 0 saturated carbocycles. The molecule has 21 heavy (non-hydrogen) atoms. The van der Waals surface area contributed by atoms with Crippen LogP contribution in [0.2, 0.25) is 0 Å². The Morgan fingerprint density at radius 3 is 2.90 bits per heavy atom. The van der Waals surface area contributed by atoms with Crippen LogP contribution in [0.4, 0.5) is 0 Å². The van der Waals surface area contributed by atoms with Gasteiger partial charge in [0.25, 0.3) is 0 Å². The van der Waals surface area contributed by atoms with Crippen LogP contribution in [0.1, 0.15) is 22.2 Å². The highest BCUT2D eigenvalue weighted by Crippen LogP contribution is 2.29. The van der Waals surface area contributed by atoms with E-state index in [0.717, 1.165) is 10.6 Å². The van der Waals surface area contributed by atoms with E-state index in [9.17, 15) is 5.11 Å². The largest absolute Gasteiger partial charge is 0.386 e. The van der Waals surface area contributed by atoms with Gasteiger partial charge in [0.2, 0.25) is 0 Å². The summed E-state index contributed by atoms with van der Waals surface area (Å²) in [5.74, 6) is 0. The van der Waals surface area contributed by atoms with Crippen molar-refractivity contribution in [2.45, 2.75) is 19.6 Å². The van der Waals surface area contributed by atoms with Crippen LogP contribution in [-0.4, -0.2) is 21.4 Å². The van der Waals surface area contributed by atoms with Crippen LogP contribution in [0.5, 0.6) is 0 Å². The molecule has 1 aromatic carbocycles. The molecule has 3 rings (SSSR count). The zero-order valence-electron chi connectivity index (χ0n) is 12.2. The minimum Gasteiger partial charge on any atom is -0.386 e. The van der Waals surface area contributed by atoms with Gasteiger partial charge in [-0.3, -0.25) is 4.68 Å². The highest BCUT2D eigenvalue weighted by atomic mass is 32.1. The second kappa shape index (κ2) is 5.97. The maximum absolute atomic E-state index is 10.3. The summed E-state index contributed by atoms with van der Waals surface area (Å²) in [6.07, 6.45) is 1.52. The molecule has 110 valence electrons. The molecular formula is C16H19N3OS. The van der Waals surface area contributed by atoms with Gasteiger partial charge in [-0.2, -0.15) is 5.10 Å². The molecule has 0 saturated heterocycles. The molecule has 0 aliphatic rings. The Hall–Kier alpha value is -1.69. The minimum atomic E-state index is -0.480. The number of aliphatic hydroxyl groups is 1. The predicted octanol–water partition coefficient (Wildman–Crippen LogP) is 2.77. The number of aryl methyl sites for hydroxylation is 2. The number of aliphatic hydroxyl groups excluding tert-OH is 1. The van der Waals surface area contributed by atoms with E-state index in [2.05, 4.69) is 28.6 Å². The number of fused-ring (bicyclic) bond motifs is 1. The molecule has 1 atom stereocenters. The third-order valence-corrected chi connectivity index (χ3v) is 4.73. The summed E-state index contributed by atoms with van der Waals surface area (Å²) in [5, 5.41) is 19.2. The molecule has 4 nitrogen and oxygen atoms in total. The summed E-state index contributed by atoms with van der Waals surface area (Å²) in [4.78, 5) is 1.00. The number of hydrogen-bond acceptors (Lipinski definition) is 4. The van der Waals surface area contributed by atoms with Crippen LogP contribution in [0.15, 0.2) is 36.5 Å². The highest BCUT2D eigenvalue weighted by Gasteiger charge is 2.11. The summed E-state index contributed by atoms with van der Waals surface area (Å²) in [7, 11) is 1.92. The standard InChI is InChI=1S/C16H19N3OS/c1-11-10-19(2)18-13(11)8-17-9-14(20)16-7-12-5-3-4-6-15(12)21-16/h3-7,10,14,17,20H,8-9H2,1-2H3. The van der Waals surface area contributed by atoms with Crippen molar-refractivity contribution < 1.29 is 5.11 Å². The van der Waals surface area contributed by atoms with E-state index in [1.807, 2.05) is 37.0 Å². The van der Waals surface area contributed by atoms with Gasteiger partial charge < -0.3 is 10.4 Å². The van der Waals surface area contributed by atoms with Gasteiger partial charge >= 0.3 is 0 Å². The van der Waals surface area contributed by atoms with Crippen LogP contribution in [-0.2, 0) is 13.6 Å². The lowest BCUT2D eigenvalue weighted by molar-refractivity contribution is 0.178. The highest BCUT2D eigenvalue weighted by molar-refractivity contribution is 7.19. The minimum absolute atomic E-state index is 0.480. The van der Waals surface area contributed by atoms with E-state index < -0.39 is 6.10 Å². The van der Waals surface area contributed by atoms with Crippen LogP contribution < -0.4 is 5.32 Å². The van der Waals surface area contributed by atoms with E-state index >= 15 is 0 Å². The SMILES string of the molecule is Cc1cn(C)nc1CNCC(O)c1cc2ccccc2s1. The fourth-order valence-electron chi connectivity index (χ4n) is 2.42. The van der Waals surface area contributed by atoms with Crippen LogP contribution in [0.3, 0.4) is 0 Å². The molecule has 0 aliphatic carbocycles. The zero-order chi connectivity index (χ0) is 14.8. The summed E-state index contributed by atoms with van der Waals surface area (Å²) in [5.41, 5.74) is 2.20. The van der Waals surface area contributed by atoms with Crippen molar-refractivity contribution in [1.29, 1.82) is 0 Å². The van der Waals surface area contributed by atoms with Crippen LogP contribution in [0, 0.1) is 6.92 Å². The number of nitrogens with one attached hydrogen (secondary N) is 1. The zero-order valence-corrected chi connectivity index (χ0v) is 13.0. The van der Waals surface area contributed by atoms with E-state index in [1.165, 1.54) is 15.6 Å². The molecule has 0 spiro atoms. The molecule has 2 N–H and O–H groups in total. The Balaban J connectivity index is 1.61. The van der Waals surface area contributed by atoms with Gasteiger partial charge in [-0.05, 0) is 30.0 Å². The fraction of sp³-hybridized carbons (Fsp3) is 0.312. The van der Waals surface area contributed by atoms with Crippen molar-refractivity contribution in [2.24, 2.45) is 7.05 Å². The van der Waals surface area contributed by atoms with Crippen molar-refractivity contribution in [1.82, 2.24) is 15.1 Å². The number of aromatic nitrogens is 2. The first-order valence-corrected chi connectivity index (χ1v) is 7.81. The van der Waals surface area contributed by atoms with Gasteiger partial charge in [-0.25, -0.2) is 0 Å². The van der Waals surface area contributed by atoms with Gasteiger partial charge in [-0.15, -0.1) is 11.3 Å². The predicted molar refractivity (Wildman–Crippen MR) is 86.4 cm³/mol. The lowest BCUT2D eigenvalue weighted by Gasteiger charge is -2.09. The Morgan fingerprint density at radius 1 is 1.38 bits per heavy atom. The number of nitrogens with zero attached hydrogens (tertiary/aromatic N) is 2. The third-order valence-electron chi connectivity index (χ3n) is 3.52. The number of rotatable bonds is 5. The Bertz CT molecular complexity index is 714. The van der Waals surface area contributed by atoms with Crippen molar-refractivity contribution in [2.75, 3.05) is 6.54 Å².